The normalized spacial score (nSPS) is 21.2. The van der Waals surface area contributed by atoms with Crippen LogP contribution in [0.2, 0.25) is 10.3 Å². The molecule has 0 saturated carbocycles. The fraction of sp³-hybridized carbons (Fsp3) is 0.522. The lowest BCUT2D eigenvalue weighted by Crippen LogP contribution is -2.51. The van der Waals surface area contributed by atoms with Gasteiger partial charge in [-0.1, -0.05) is 63.7 Å². The summed E-state index contributed by atoms with van der Waals surface area (Å²) in [7, 11) is 5.74. The third-order valence-electron chi connectivity index (χ3n) is 13.6. The smallest absolute Gasteiger partial charge is 0.407 e. The summed E-state index contributed by atoms with van der Waals surface area (Å²) in [5.74, 6) is 1.43. The van der Waals surface area contributed by atoms with Crippen LogP contribution in [0.3, 0.4) is 0 Å². The van der Waals surface area contributed by atoms with Gasteiger partial charge >= 0.3 is 12.2 Å². The van der Waals surface area contributed by atoms with Crippen LogP contribution in [0, 0.1) is 11.8 Å². The number of nitrogens with one attached hydrogen (secondary N) is 4. The number of amides is 4. The zero-order valence-electron chi connectivity index (χ0n) is 38.2. The molecule has 18 nitrogen and oxygen atoms in total. The van der Waals surface area contributed by atoms with Crippen LogP contribution in [0.5, 0.6) is 11.5 Å². The fourth-order valence-electron chi connectivity index (χ4n) is 9.44. The lowest BCUT2D eigenvalue weighted by molar-refractivity contribution is -0.136. The molecule has 4 aliphatic rings. The number of rotatable bonds is 14. The summed E-state index contributed by atoms with van der Waals surface area (Å²) < 4.78 is 34.0. The molecule has 66 heavy (non-hydrogen) atoms. The van der Waals surface area contributed by atoms with Gasteiger partial charge in [-0.25, -0.2) is 19.6 Å². The number of H-pyrrole nitrogens is 2. The van der Waals surface area contributed by atoms with Crippen molar-refractivity contribution in [2.75, 3.05) is 41.5 Å². The minimum absolute atomic E-state index is 0.165. The van der Waals surface area contributed by atoms with Gasteiger partial charge in [0.25, 0.3) is 0 Å². The first kappa shape index (κ1) is 47.0. The Hall–Kier alpha value is -5.56. The van der Waals surface area contributed by atoms with E-state index in [0.717, 1.165) is 33.4 Å². The number of likely N-dealkylation sites (tertiary alicyclic amines) is 2. The Morgan fingerprint density at radius 1 is 0.697 bits per heavy atom. The number of nitrogens with zero attached hydrogens (tertiary/aromatic N) is 4. The van der Waals surface area contributed by atoms with E-state index in [2.05, 4.69) is 20.6 Å². The minimum atomic E-state index is -0.815. The molecule has 4 aromatic rings. The second kappa shape index (κ2) is 19.3. The van der Waals surface area contributed by atoms with Gasteiger partial charge in [0.2, 0.25) is 11.8 Å². The molecule has 0 aliphatic carbocycles. The van der Waals surface area contributed by atoms with Crippen LogP contribution < -0.4 is 20.1 Å². The van der Waals surface area contributed by atoms with Crippen molar-refractivity contribution in [2.45, 2.75) is 103 Å². The Labute approximate surface area is 392 Å². The Balaban J connectivity index is 1.07. The maximum atomic E-state index is 14.1. The van der Waals surface area contributed by atoms with Gasteiger partial charge in [0.1, 0.15) is 48.4 Å². The molecule has 0 unspecified atom stereocenters. The van der Waals surface area contributed by atoms with Crippen molar-refractivity contribution >= 4 is 47.2 Å². The highest BCUT2D eigenvalue weighted by molar-refractivity contribution is 6.32. The molecule has 20 heteroatoms. The van der Waals surface area contributed by atoms with E-state index < -0.39 is 36.4 Å². The van der Waals surface area contributed by atoms with Crippen LogP contribution in [0.25, 0.3) is 33.6 Å². The molecule has 2 aromatic heterocycles. The van der Waals surface area contributed by atoms with Gasteiger partial charge in [0.15, 0.2) is 10.3 Å². The Morgan fingerprint density at radius 2 is 1.09 bits per heavy atom. The quantitative estimate of drug-likeness (QED) is 0.0978. The van der Waals surface area contributed by atoms with Gasteiger partial charge in [-0.3, -0.25) is 9.59 Å². The Kier molecular flexibility index (Phi) is 13.8. The minimum Gasteiger partial charge on any atom is -0.488 e. The number of methoxy groups -OCH3 is 4. The molecule has 0 bridgehead atoms. The van der Waals surface area contributed by atoms with Crippen LogP contribution in [0.15, 0.2) is 24.3 Å². The number of carbonyl (C=O) groups excluding carboxylic acids is 4. The van der Waals surface area contributed by atoms with E-state index in [1.165, 1.54) is 14.2 Å². The topological polar surface area (TPSA) is 212 Å². The van der Waals surface area contributed by atoms with Gasteiger partial charge in [-0.05, 0) is 36.1 Å². The number of imidazole rings is 2. The number of halogens is 2. The fourth-order valence-corrected chi connectivity index (χ4v) is 9.94. The highest BCUT2D eigenvalue weighted by Crippen LogP contribution is 2.52. The summed E-state index contributed by atoms with van der Waals surface area (Å²) in [6.07, 6.45) is 0.364. The molecular formula is C46H56Cl2N8O10. The molecule has 6 heterocycles. The van der Waals surface area contributed by atoms with Gasteiger partial charge in [-0.15, -0.1) is 0 Å². The number of aromatic amines is 2. The number of hydrogen-bond acceptors (Lipinski definition) is 12. The van der Waals surface area contributed by atoms with E-state index in [4.69, 9.17) is 61.6 Å². The summed E-state index contributed by atoms with van der Waals surface area (Å²) >= 11 is 13.8. The highest BCUT2D eigenvalue weighted by Gasteiger charge is 2.44. The summed E-state index contributed by atoms with van der Waals surface area (Å²) in [6.45, 7) is 8.81. The second-order valence-corrected chi connectivity index (χ2v) is 18.1. The summed E-state index contributed by atoms with van der Waals surface area (Å²) in [5, 5.41) is 5.90. The van der Waals surface area contributed by atoms with E-state index in [0.29, 0.717) is 73.3 Å². The van der Waals surface area contributed by atoms with E-state index in [1.807, 2.05) is 52.0 Å². The average molecular weight is 952 g/mol. The molecule has 8 rings (SSSR count). The van der Waals surface area contributed by atoms with Gasteiger partial charge < -0.3 is 58.8 Å². The molecule has 4 aliphatic heterocycles. The number of hydrogen-bond donors (Lipinski definition) is 4. The lowest BCUT2D eigenvalue weighted by Gasteiger charge is -2.31. The average Bonchev–Trinajstić information content (AvgIpc) is 4.15. The third kappa shape index (κ3) is 8.75. The largest absolute Gasteiger partial charge is 0.488 e. The maximum Gasteiger partial charge on any atom is 0.407 e. The molecular weight excluding hydrogens is 895 g/mol. The first-order chi connectivity index (χ1) is 31.7. The number of carbonyl (C=O) groups is 4. The molecule has 2 saturated heterocycles. The maximum absolute atomic E-state index is 14.1. The predicted molar refractivity (Wildman–Crippen MR) is 243 cm³/mol. The lowest BCUT2D eigenvalue weighted by atomic mass is 9.87. The summed E-state index contributed by atoms with van der Waals surface area (Å²) in [4.78, 5) is 72.5. The summed E-state index contributed by atoms with van der Waals surface area (Å²) in [5.41, 5.74) is 6.16. The van der Waals surface area contributed by atoms with Crippen LogP contribution in [-0.4, -0.2) is 120 Å². The van der Waals surface area contributed by atoms with Crippen molar-refractivity contribution in [3.05, 3.63) is 57.3 Å². The highest BCUT2D eigenvalue weighted by atomic mass is 35.5. The number of benzene rings is 2. The first-order valence-electron chi connectivity index (χ1n) is 22.2. The molecule has 0 spiro atoms. The van der Waals surface area contributed by atoms with Crippen molar-refractivity contribution in [3.63, 3.8) is 0 Å². The predicted octanol–water partition coefficient (Wildman–Crippen LogP) is 7.34. The van der Waals surface area contributed by atoms with Crippen LogP contribution in [0.4, 0.5) is 9.59 Å². The van der Waals surface area contributed by atoms with Crippen molar-refractivity contribution in [1.82, 2.24) is 40.4 Å². The third-order valence-corrected chi connectivity index (χ3v) is 14.1. The second-order valence-electron chi connectivity index (χ2n) is 17.4. The first-order valence-corrected chi connectivity index (χ1v) is 22.9. The SMILES string of the molecule is CC[C@H](C)[C@H](NC(=O)OC)C(=O)N1C[C@@H](OC)C[C@H]1c1nc(Cl)c(-c2cc3c4c(c2)OCc2cc(-c5[nH]c([C@@H]6C[C@H](OC)CN6C(=O)[C@@H](NC(=O)OC)[C@@H](C)CC)nc5Cl)cc(c2-4)OC3)[nH]1. The van der Waals surface area contributed by atoms with Crippen molar-refractivity contribution in [3.8, 4) is 45.1 Å². The van der Waals surface area contributed by atoms with Crippen molar-refractivity contribution < 1.29 is 47.6 Å². The van der Waals surface area contributed by atoms with Crippen LogP contribution >= 0.6 is 23.2 Å². The van der Waals surface area contributed by atoms with E-state index in [9.17, 15) is 19.2 Å². The molecule has 2 aromatic carbocycles. The Morgan fingerprint density at radius 3 is 1.44 bits per heavy atom. The monoisotopic (exact) mass is 950 g/mol. The van der Waals surface area contributed by atoms with Crippen LogP contribution in [0.1, 0.15) is 88.2 Å². The van der Waals surface area contributed by atoms with Gasteiger partial charge in [0.05, 0.1) is 49.9 Å². The molecule has 354 valence electrons. The van der Waals surface area contributed by atoms with E-state index >= 15 is 0 Å². The molecule has 8 atom stereocenters. The van der Waals surface area contributed by atoms with Crippen molar-refractivity contribution in [1.29, 1.82) is 0 Å². The zero-order valence-corrected chi connectivity index (χ0v) is 39.7. The molecule has 4 amide bonds. The molecule has 4 N–H and O–H groups in total. The van der Waals surface area contributed by atoms with Crippen LogP contribution in [-0.2, 0) is 41.8 Å². The van der Waals surface area contributed by atoms with Gasteiger partial charge in [0, 0.05) is 73.5 Å². The van der Waals surface area contributed by atoms with E-state index in [-0.39, 0.29) is 59.4 Å². The number of aromatic nitrogens is 4. The zero-order chi connectivity index (χ0) is 47.1. The number of ether oxygens (including phenoxy) is 6. The number of alkyl carbamates (subject to hydrolysis) is 2. The molecule has 0 radical (unpaired) electrons. The van der Waals surface area contributed by atoms with Crippen molar-refractivity contribution in [2.24, 2.45) is 11.8 Å². The van der Waals surface area contributed by atoms with E-state index in [1.54, 1.807) is 24.0 Å². The molecule has 2 fully saturated rings. The summed E-state index contributed by atoms with van der Waals surface area (Å²) in [6, 6.07) is 5.21. The Bertz CT molecular complexity index is 2290. The van der Waals surface area contributed by atoms with Gasteiger partial charge in [-0.2, -0.15) is 0 Å². The standard InChI is InChI=1S/C46H56Cl2N8O10/c1-9-21(3)35(51-45(59)63-7)43(57)55-17-27(61-5)15-29(55)41-49-37(39(47)53-41)23-11-25-19-66-32-14-24(12-26-20-65-31(13-23)33(25)34(26)32)38-40(48)54-42(50-38)30-16-28(62-6)18-56(30)44(58)36(22(4)10-2)52-46(60)64-8/h11-14,21-22,27-30,35-36H,9-10,15-20H2,1-8H3,(H,49,53)(H,50,54)(H,51,59)(H,52,60)/t21-,22-,27-,28-,29-,30-,35-,36-/m0/s1.